The molecule has 2 aliphatic rings. The summed E-state index contributed by atoms with van der Waals surface area (Å²) in [6, 6.07) is 0. The molecule has 158 valence electrons. The molecule has 10 nitrogen and oxygen atoms in total. The highest BCUT2D eigenvalue weighted by Gasteiger charge is 2.34. The molecule has 2 saturated heterocycles. The summed E-state index contributed by atoms with van der Waals surface area (Å²) < 4.78 is 0. The van der Waals surface area contributed by atoms with Crippen molar-refractivity contribution in [1.29, 1.82) is 0 Å². The minimum atomic E-state index is -0.838. The lowest BCUT2D eigenvalue weighted by atomic mass is 10.2. The van der Waals surface area contributed by atoms with Crippen molar-refractivity contribution in [2.75, 3.05) is 0 Å². The number of nitrogens with zero attached hydrogens (tertiary/aromatic N) is 2. The molecule has 2 aliphatic heterocycles. The van der Waals surface area contributed by atoms with E-state index in [9.17, 15) is 28.8 Å². The summed E-state index contributed by atoms with van der Waals surface area (Å²) in [6.07, 6.45) is 0.797. The molecular weight excluding hydrogens is 372 g/mol. The molecule has 4 amide bonds. The zero-order valence-corrected chi connectivity index (χ0v) is 16.8. The summed E-state index contributed by atoms with van der Waals surface area (Å²) in [5, 5.41) is 0.838. The number of carbonyl (C=O) groups is 6. The number of hydroxylamine groups is 4. The van der Waals surface area contributed by atoms with Gasteiger partial charge in [0.1, 0.15) is 0 Å². The Balaban J connectivity index is 0.00000133. The van der Waals surface area contributed by atoms with Gasteiger partial charge in [-0.3, -0.25) is 19.2 Å². The molecule has 10 heteroatoms. The van der Waals surface area contributed by atoms with Gasteiger partial charge in [0.25, 0.3) is 23.6 Å². The Morgan fingerprint density at radius 3 is 1.21 bits per heavy atom. The minimum absolute atomic E-state index is 0.00364. The van der Waals surface area contributed by atoms with E-state index in [4.69, 9.17) is 0 Å². The fourth-order valence-electron chi connectivity index (χ4n) is 1.99. The number of carbonyl (C=O) groups excluding carboxylic acids is 6. The van der Waals surface area contributed by atoms with Crippen LogP contribution in [-0.4, -0.2) is 45.7 Å². The van der Waals surface area contributed by atoms with Gasteiger partial charge in [-0.1, -0.05) is 34.1 Å². The van der Waals surface area contributed by atoms with Crippen LogP contribution in [0.5, 0.6) is 0 Å². The van der Waals surface area contributed by atoms with Crippen LogP contribution in [0.1, 0.15) is 79.1 Å². The Kier molecular flexibility index (Phi) is 12.1. The number of hydrogen-bond acceptors (Lipinski definition) is 8. The Morgan fingerprint density at radius 2 is 0.964 bits per heavy atom. The third-order valence-corrected chi connectivity index (χ3v) is 3.16. The van der Waals surface area contributed by atoms with E-state index in [-0.39, 0.29) is 44.9 Å². The molecule has 0 spiro atoms. The van der Waals surface area contributed by atoms with Gasteiger partial charge in [-0.2, -0.15) is 0 Å². The fourth-order valence-corrected chi connectivity index (χ4v) is 1.99. The SMILES string of the molecule is CC.CCC.O=C(CCCC(=O)ON1C(=O)CCC1=O)ON1C(=O)CCC1=O. The monoisotopic (exact) mass is 400 g/mol. The Labute approximate surface area is 164 Å². The number of imide groups is 2. The van der Waals surface area contributed by atoms with Crippen molar-refractivity contribution in [2.45, 2.75) is 79.1 Å². The van der Waals surface area contributed by atoms with Gasteiger partial charge in [0, 0.05) is 38.5 Å². The predicted octanol–water partition coefficient (Wildman–Crippen LogP) is 1.81. The van der Waals surface area contributed by atoms with Crippen molar-refractivity contribution in [1.82, 2.24) is 10.1 Å². The maximum atomic E-state index is 11.5. The first-order valence-corrected chi connectivity index (χ1v) is 9.43. The van der Waals surface area contributed by atoms with Gasteiger partial charge in [0.15, 0.2) is 0 Å². The van der Waals surface area contributed by atoms with E-state index < -0.39 is 35.6 Å². The summed E-state index contributed by atoms with van der Waals surface area (Å²) in [5.41, 5.74) is 0. The smallest absolute Gasteiger partial charge is 0.330 e. The summed E-state index contributed by atoms with van der Waals surface area (Å²) >= 11 is 0. The lowest BCUT2D eigenvalue weighted by Gasteiger charge is -2.13. The molecule has 0 atom stereocenters. The quantitative estimate of drug-likeness (QED) is 0.618. The highest BCUT2D eigenvalue weighted by atomic mass is 16.7. The summed E-state index contributed by atoms with van der Waals surface area (Å²) in [4.78, 5) is 77.1. The van der Waals surface area contributed by atoms with Crippen LogP contribution in [0.3, 0.4) is 0 Å². The van der Waals surface area contributed by atoms with Crippen molar-refractivity contribution in [2.24, 2.45) is 0 Å². The third-order valence-electron chi connectivity index (χ3n) is 3.16. The molecule has 2 rings (SSSR count). The average Bonchev–Trinajstić information content (AvgIpc) is 3.14. The molecule has 0 radical (unpaired) electrons. The normalized spacial score (nSPS) is 15.6. The first kappa shape index (κ1) is 25.2. The van der Waals surface area contributed by atoms with Crippen LogP contribution in [0.2, 0.25) is 0 Å². The van der Waals surface area contributed by atoms with Crippen LogP contribution < -0.4 is 0 Å². The Hall–Kier alpha value is -2.78. The van der Waals surface area contributed by atoms with Gasteiger partial charge in [-0.25, -0.2) is 9.59 Å². The van der Waals surface area contributed by atoms with E-state index in [1.54, 1.807) is 0 Å². The molecule has 28 heavy (non-hydrogen) atoms. The third kappa shape index (κ3) is 8.28. The average molecular weight is 400 g/mol. The van der Waals surface area contributed by atoms with E-state index in [1.165, 1.54) is 6.42 Å². The van der Waals surface area contributed by atoms with Crippen molar-refractivity contribution in [3.05, 3.63) is 0 Å². The molecule has 0 N–H and O–H groups in total. The topological polar surface area (TPSA) is 127 Å². The standard InChI is InChI=1S/C13H14N2O8.C3H8.C2H6/c16-8-4-5-9(17)14(8)22-12(20)2-1-3-13(21)23-15-10(18)6-7-11(15)19;1-3-2;1-2/h1-7H2;3H2,1-2H3;1-2H3. The molecule has 0 unspecified atom stereocenters. The van der Waals surface area contributed by atoms with Crippen LogP contribution in [0.15, 0.2) is 0 Å². The Bertz CT molecular complexity index is 520. The van der Waals surface area contributed by atoms with Gasteiger partial charge in [-0.15, -0.1) is 10.1 Å². The van der Waals surface area contributed by atoms with Crippen molar-refractivity contribution in [3.8, 4) is 0 Å². The first-order chi connectivity index (χ1) is 13.3. The summed E-state index contributed by atoms with van der Waals surface area (Å²) in [6.45, 7) is 8.25. The minimum Gasteiger partial charge on any atom is -0.330 e. The van der Waals surface area contributed by atoms with Crippen LogP contribution in [0.4, 0.5) is 0 Å². The maximum Gasteiger partial charge on any atom is 0.333 e. The van der Waals surface area contributed by atoms with Crippen LogP contribution in [-0.2, 0) is 38.4 Å². The highest BCUT2D eigenvalue weighted by molar-refractivity contribution is 6.02. The van der Waals surface area contributed by atoms with Crippen molar-refractivity contribution < 1.29 is 38.4 Å². The first-order valence-electron chi connectivity index (χ1n) is 9.43. The lowest BCUT2D eigenvalue weighted by molar-refractivity contribution is -0.199. The molecule has 0 aromatic rings. The van der Waals surface area contributed by atoms with E-state index in [0.29, 0.717) is 10.1 Å². The zero-order chi connectivity index (χ0) is 21.7. The van der Waals surface area contributed by atoms with Gasteiger partial charge >= 0.3 is 11.9 Å². The predicted molar refractivity (Wildman–Crippen MR) is 95.5 cm³/mol. The Morgan fingerprint density at radius 1 is 0.714 bits per heavy atom. The van der Waals surface area contributed by atoms with Crippen LogP contribution in [0.25, 0.3) is 0 Å². The van der Waals surface area contributed by atoms with E-state index >= 15 is 0 Å². The molecule has 0 aromatic carbocycles. The number of amides is 4. The lowest BCUT2D eigenvalue weighted by Crippen LogP contribution is -2.32. The van der Waals surface area contributed by atoms with E-state index in [1.807, 2.05) is 13.8 Å². The molecule has 0 aliphatic carbocycles. The van der Waals surface area contributed by atoms with Gasteiger partial charge in [0.2, 0.25) is 0 Å². The van der Waals surface area contributed by atoms with Crippen LogP contribution >= 0.6 is 0 Å². The number of rotatable bonds is 6. The van der Waals surface area contributed by atoms with Crippen molar-refractivity contribution in [3.63, 3.8) is 0 Å². The molecular formula is C18H28N2O8. The molecule has 0 aromatic heterocycles. The van der Waals surface area contributed by atoms with Gasteiger partial charge in [0.05, 0.1) is 0 Å². The molecule has 2 fully saturated rings. The van der Waals surface area contributed by atoms with E-state index in [2.05, 4.69) is 23.5 Å². The second-order valence-electron chi connectivity index (χ2n) is 5.65. The largest absolute Gasteiger partial charge is 0.333 e. The summed E-state index contributed by atoms with van der Waals surface area (Å²) in [5.74, 6) is -4.03. The second-order valence-corrected chi connectivity index (χ2v) is 5.65. The zero-order valence-electron chi connectivity index (χ0n) is 16.8. The van der Waals surface area contributed by atoms with E-state index in [0.717, 1.165) is 0 Å². The van der Waals surface area contributed by atoms with Crippen molar-refractivity contribution >= 4 is 35.6 Å². The second kappa shape index (κ2) is 13.4. The molecule has 0 bridgehead atoms. The molecule has 0 saturated carbocycles. The number of hydrogen-bond donors (Lipinski definition) is 0. The van der Waals surface area contributed by atoms with Gasteiger partial charge < -0.3 is 9.68 Å². The highest BCUT2D eigenvalue weighted by Crippen LogP contribution is 2.15. The molecule has 2 heterocycles. The van der Waals surface area contributed by atoms with Crippen LogP contribution in [0, 0.1) is 0 Å². The maximum absolute atomic E-state index is 11.5. The summed E-state index contributed by atoms with van der Waals surface area (Å²) in [7, 11) is 0. The van der Waals surface area contributed by atoms with Gasteiger partial charge in [-0.05, 0) is 6.42 Å². The fraction of sp³-hybridized carbons (Fsp3) is 0.667.